The molecule has 8 nitrogen and oxygen atoms in total. The molecule has 0 aliphatic carbocycles. The SMILES string of the molecule is Cc1cc(COc2ccc(OS(=O)CC3(C(=O)NO)CCOCC3)cc2)cc(C)n1. The fraction of sp³-hybridized carbons (Fsp3) is 0.429. The summed E-state index contributed by atoms with van der Waals surface area (Å²) in [5, 5.41) is 9.05. The number of carbonyl (C=O) groups excluding carboxylic acids is 1. The summed E-state index contributed by atoms with van der Waals surface area (Å²) in [7, 11) is 0. The van der Waals surface area contributed by atoms with Gasteiger partial charge >= 0.3 is 0 Å². The van der Waals surface area contributed by atoms with E-state index >= 15 is 0 Å². The third-order valence-electron chi connectivity index (χ3n) is 4.99. The third kappa shape index (κ3) is 5.78. The average Bonchev–Trinajstić information content (AvgIpc) is 2.72. The molecule has 0 bridgehead atoms. The van der Waals surface area contributed by atoms with Crippen molar-refractivity contribution >= 4 is 17.0 Å². The zero-order valence-electron chi connectivity index (χ0n) is 17.1. The number of rotatable bonds is 8. The largest absolute Gasteiger partial charge is 0.489 e. The second kappa shape index (κ2) is 10.0. The van der Waals surface area contributed by atoms with Gasteiger partial charge in [-0.15, -0.1) is 0 Å². The molecule has 3 rings (SSSR count). The molecule has 0 spiro atoms. The summed E-state index contributed by atoms with van der Waals surface area (Å²) in [5.41, 5.74) is 3.63. The lowest BCUT2D eigenvalue weighted by Crippen LogP contribution is -2.47. The Hall–Kier alpha value is -2.49. The van der Waals surface area contributed by atoms with Crippen LogP contribution in [0.15, 0.2) is 36.4 Å². The van der Waals surface area contributed by atoms with Crippen LogP contribution in [0.2, 0.25) is 0 Å². The minimum absolute atomic E-state index is 0.0260. The van der Waals surface area contributed by atoms with Crippen LogP contribution in [0.25, 0.3) is 0 Å². The predicted octanol–water partition coefficient (Wildman–Crippen LogP) is 2.62. The summed E-state index contributed by atoms with van der Waals surface area (Å²) < 4.78 is 29.1. The van der Waals surface area contributed by atoms with Gasteiger partial charge in [-0.05, 0) is 68.7 Å². The van der Waals surface area contributed by atoms with Crippen molar-refractivity contribution in [2.45, 2.75) is 33.3 Å². The van der Waals surface area contributed by atoms with Crippen LogP contribution in [-0.2, 0) is 27.2 Å². The summed E-state index contributed by atoms with van der Waals surface area (Å²) in [6.07, 6.45) is 0.741. The summed E-state index contributed by atoms with van der Waals surface area (Å²) in [6, 6.07) is 10.7. The van der Waals surface area contributed by atoms with Crippen LogP contribution in [-0.4, -0.2) is 39.3 Å². The molecule has 1 saturated heterocycles. The summed E-state index contributed by atoms with van der Waals surface area (Å²) in [4.78, 5) is 16.5. The quantitative estimate of drug-likeness (QED) is 0.486. The topological polar surface area (TPSA) is 107 Å². The molecule has 1 amide bonds. The molecule has 30 heavy (non-hydrogen) atoms. The Labute approximate surface area is 178 Å². The monoisotopic (exact) mass is 434 g/mol. The molecule has 0 saturated carbocycles. The van der Waals surface area contributed by atoms with E-state index in [4.69, 9.17) is 18.9 Å². The number of ether oxygens (including phenoxy) is 2. The number of aryl methyl sites for hydroxylation is 2. The number of amides is 1. The number of hydroxylamine groups is 1. The smallest absolute Gasteiger partial charge is 0.250 e. The van der Waals surface area contributed by atoms with E-state index < -0.39 is 22.4 Å². The van der Waals surface area contributed by atoms with Crippen LogP contribution in [0.4, 0.5) is 0 Å². The van der Waals surface area contributed by atoms with Crippen LogP contribution in [0.1, 0.15) is 29.8 Å². The van der Waals surface area contributed by atoms with E-state index in [-0.39, 0.29) is 5.75 Å². The predicted molar refractivity (Wildman–Crippen MR) is 111 cm³/mol. The Balaban J connectivity index is 1.56. The van der Waals surface area contributed by atoms with Crippen molar-refractivity contribution in [3.8, 4) is 11.5 Å². The van der Waals surface area contributed by atoms with E-state index in [9.17, 15) is 9.00 Å². The number of hydrogen-bond acceptors (Lipinski definition) is 7. The Morgan fingerprint density at radius 2 is 1.77 bits per heavy atom. The highest BCUT2D eigenvalue weighted by Crippen LogP contribution is 2.32. The molecular formula is C21H26N2O6S. The number of nitrogens with zero attached hydrogens (tertiary/aromatic N) is 1. The van der Waals surface area contributed by atoms with Gasteiger partial charge in [-0.1, -0.05) is 0 Å². The van der Waals surface area contributed by atoms with Gasteiger partial charge in [-0.2, -0.15) is 0 Å². The number of carbonyl (C=O) groups is 1. The van der Waals surface area contributed by atoms with Gasteiger partial charge < -0.3 is 13.7 Å². The number of pyridine rings is 1. The van der Waals surface area contributed by atoms with E-state index in [0.717, 1.165) is 17.0 Å². The Bertz CT molecular complexity index is 877. The zero-order valence-corrected chi connectivity index (χ0v) is 17.9. The van der Waals surface area contributed by atoms with Gasteiger partial charge in [0.25, 0.3) is 5.91 Å². The molecule has 1 aliphatic rings. The maximum Gasteiger partial charge on any atom is 0.250 e. The number of benzene rings is 1. The lowest BCUT2D eigenvalue weighted by molar-refractivity contribution is -0.143. The third-order valence-corrected chi connectivity index (χ3v) is 6.15. The molecule has 162 valence electrons. The Kier molecular flexibility index (Phi) is 7.41. The molecule has 1 aromatic carbocycles. The molecule has 0 radical (unpaired) electrons. The van der Waals surface area contributed by atoms with E-state index in [1.807, 2.05) is 26.0 Å². The highest BCUT2D eigenvalue weighted by molar-refractivity contribution is 7.80. The molecule has 1 unspecified atom stereocenters. The second-order valence-corrected chi connectivity index (χ2v) is 8.45. The Morgan fingerprint density at radius 3 is 2.37 bits per heavy atom. The molecule has 2 heterocycles. The van der Waals surface area contributed by atoms with Gasteiger partial charge in [0.1, 0.15) is 18.1 Å². The van der Waals surface area contributed by atoms with Gasteiger partial charge in [0.05, 0.1) is 11.2 Å². The summed E-state index contributed by atoms with van der Waals surface area (Å²) in [5.74, 6) is 0.471. The Morgan fingerprint density at radius 1 is 1.17 bits per heavy atom. The van der Waals surface area contributed by atoms with Crippen LogP contribution in [0, 0.1) is 19.3 Å². The average molecular weight is 435 g/mol. The van der Waals surface area contributed by atoms with E-state index in [0.29, 0.717) is 44.2 Å². The second-order valence-electron chi connectivity index (χ2n) is 7.38. The van der Waals surface area contributed by atoms with Crippen molar-refractivity contribution in [2.75, 3.05) is 19.0 Å². The van der Waals surface area contributed by atoms with Crippen LogP contribution >= 0.6 is 0 Å². The minimum atomic E-state index is -1.75. The van der Waals surface area contributed by atoms with Crippen molar-refractivity contribution < 1.29 is 27.9 Å². The van der Waals surface area contributed by atoms with Crippen molar-refractivity contribution in [1.29, 1.82) is 0 Å². The fourth-order valence-corrected chi connectivity index (χ4v) is 4.70. The highest BCUT2D eigenvalue weighted by Gasteiger charge is 2.42. The summed E-state index contributed by atoms with van der Waals surface area (Å²) >= 11 is -1.75. The van der Waals surface area contributed by atoms with Gasteiger partial charge in [0, 0.05) is 24.6 Å². The molecule has 1 atom stereocenters. The van der Waals surface area contributed by atoms with E-state index in [2.05, 4.69) is 4.98 Å². The first-order valence-electron chi connectivity index (χ1n) is 9.66. The molecule has 2 N–H and O–H groups in total. The van der Waals surface area contributed by atoms with Crippen molar-refractivity contribution in [3.05, 3.63) is 53.3 Å². The van der Waals surface area contributed by atoms with Crippen LogP contribution in [0.3, 0.4) is 0 Å². The number of nitrogens with one attached hydrogen (secondary N) is 1. The summed E-state index contributed by atoms with van der Waals surface area (Å²) in [6.45, 7) is 5.03. The zero-order chi connectivity index (χ0) is 21.6. The highest BCUT2D eigenvalue weighted by atomic mass is 32.2. The molecule has 1 fully saturated rings. The van der Waals surface area contributed by atoms with Gasteiger partial charge in [0.2, 0.25) is 11.1 Å². The van der Waals surface area contributed by atoms with Crippen LogP contribution in [0.5, 0.6) is 11.5 Å². The molecular weight excluding hydrogens is 408 g/mol. The standard InChI is InChI=1S/C21H26N2O6S/c1-15-11-17(12-16(2)22-15)13-28-18-3-5-19(6-4-18)29-30(26)14-21(20(24)23-25)7-9-27-10-8-21/h3-6,11-12,25H,7-10,13-14H2,1-2H3,(H,23,24). The van der Waals surface area contributed by atoms with Gasteiger partial charge in [-0.3, -0.25) is 15.0 Å². The molecule has 1 aliphatic heterocycles. The van der Waals surface area contributed by atoms with E-state index in [1.165, 1.54) is 0 Å². The lowest BCUT2D eigenvalue weighted by atomic mass is 9.81. The normalized spacial score (nSPS) is 16.5. The number of aromatic nitrogens is 1. The lowest BCUT2D eigenvalue weighted by Gasteiger charge is -2.33. The van der Waals surface area contributed by atoms with Gasteiger partial charge in [-0.25, -0.2) is 9.69 Å². The maximum absolute atomic E-state index is 12.5. The first kappa shape index (κ1) is 22.2. The van der Waals surface area contributed by atoms with Gasteiger partial charge in [0.15, 0.2) is 0 Å². The van der Waals surface area contributed by atoms with Crippen molar-refractivity contribution in [2.24, 2.45) is 5.41 Å². The fourth-order valence-electron chi connectivity index (χ4n) is 3.44. The molecule has 1 aromatic heterocycles. The minimum Gasteiger partial charge on any atom is -0.489 e. The number of hydrogen-bond donors (Lipinski definition) is 2. The maximum atomic E-state index is 12.5. The molecule has 9 heteroatoms. The van der Waals surface area contributed by atoms with E-state index in [1.54, 1.807) is 29.7 Å². The van der Waals surface area contributed by atoms with Crippen LogP contribution < -0.4 is 14.4 Å². The van der Waals surface area contributed by atoms with Crippen molar-refractivity contribution in [1.82, 2.24) is 10.5 Å². The first-order valence-corrected chi connectivity index (χ1v) is 10.9. The molecule has 2 aromatic rings. The van der Waals surface area contributed by atoms with Crippen molar-refractivity contribution in [3.63, 3.8) is 0 Å². The first-order chi connectivity index (χ1) is 14.4.